The van der Waals surface area contributed by atoms with Crippen molar-refractivity contribution in [1.29, 1.82) is 0 Å². The summed E-state index contributed by atoms with van der Waals surface area (Å²) in [5.74, 6) is -0.523. The largest absolute Gasteiger partial charge is 0.507 e. The molecule has 1 atom stereocenters. The predicted molar refractivity (Wildman–Crippen MR) is 94.6 cm³/mol. The smallest absolute Gasteiger partial charge is 0.270 e. The van der Waals surface area contributed by atoms with Gasteiger partial charge in [-0.3, -0.25) is 14.9 Å². The van der Waals surface area contributed by atoms with Crippen molar-refractivity contribution >= 4 is 23.5 Å². The number of aromatic hydroxyl groups is 1. The molecule has 0 radical (unpaired) electrons. The Morgan fingerprint density at radius 1 is 1.32 bits per heavy atom. The second-order valence-electron chi connectivity index (χ2n) is 5.21. The average Bonchev–Trinajstić information content (AvgIpc) is 2.61. The Kier molecular flexibility index (Phi) is 6.05. The minimum atomic E-state index is -0.577. The highest BCUT2D eigenvalue weighted by atomic mass is 16.6. The monoisotopic (exact) mass is 342 g/mol. The lowest BCUT2D eigenvalue weighted by molar-refractivity contribution is -0.384. The molecule has 0 heterocycles. The number of phenolic OH excluding ortho intramolecular Hbond substituents is 1. The first kappa shape index (κ1) is 17.9. The summed E-state index contributed by atoms with van der Waals surface area (Å²) < 4.78 is 0. The van der Waals surface area contributed by atoms with E-state index in [-0.39, 0.29) is 22.9 Å². The number of nitro benzene ring substituents is 1. The summed E-state index contributed by atoms with van der Waals surface area (Å²) in [6.07, 6.45) is 1.70. The third-order valence-electron chi connectivity index (χ3n) is 3.44. The first-order chi connectivity index (χ1) is 12.0. The fourth-order valence-electron chi connectivity index (χ4n) is 2.09. The summed E-state index contributed by atoms with van der Waals surface area (Å²) in [6, 6.07) is 12.4. The number of hydrogen-bond acceptors (Lipinski definition) is 6. The second kappa shape index (κ2) is 8.44. The maximum atomic E-state index is 12.2. The fraction of sp³-hybridized carbons (Fsp3) is 0.176. The van der Waals surface area contributed by atoms with E-state index in [4.69, 9.17) is 0 Å². The molecule has 0 fully saturated rings. The van der Waals surface area contributed by atoms with Crippen LogP contribution >= 0.6 is 0 Å². The van der Waals surface area contributed by atoms with Gasteiger partial charge in [-0.25, -0.2) is 5.43 Å². The van der Waals surface area contributed by atoms with Crippen molar-refractivity contribution in [2.75, 3.05) is 5.32 Å². The van der Waals surface area contributed by atoms with Gasteiger partial charge in [-0.2, -0.15) is 5.10 Å². The lowest BCUT2D eigenvalue weighted by Crippen LogP contribution is -2.36. The number of rotatable bonds is 7. The van der Waals surface area contributed by atoms with Crippen LogP contribution in [0.3, 0.4) is 0 Å². The Labute approximate surface area is 144 Å². The molecule has 3 N–H and O–H groups in total. The molecule has 8 nitrogen and oxygen atoms in total. The van der Waals surface area contributed by atoms with Gasteiger partial charge >= 0.3 is 0 Å². The zero-order valence-electron chi connectivity index (χ0n) is 13.5. The molecule has 8 heteroatoms. The number of non-ortho nitro benzene ring substituents is 1. The molecular weight excluding hydrogens is 324 g/mol. The summed E-state index contributed by atoms with van der Waals surface area (Å²) in [7, 11) is 0. The van der Waals surface area contributed by atoms with Gasteiger partial charge in [-0.05, 0) is 24.6 Å². The van der Waals surface area contributed by atoms with Crippen LogP contribution in [0.2, 0.25) is 0 Å². The molecule has 25 heavy (non-hydrogen) atoms. The fourth-order valence-corrected chi connectivity index (χ4v) is 2.09. The van der Waals surface area contributed by atoms with Gasteiger partial charge < -0.3 is 10.4 Å². The van der Waals surface area contributed by atoms with Gasteiger partial charge in [-0.1, -0.05) is 25.1 Å². The van der Waals surface area contributed by atoms with Gasteiger partial charge in [0.15, 0.2) is 0 Å². The Hall–Kier alpha value is -3.42. The molecule has 2 aromatic rings. The molecule has 0 aliphatic rings. The van der Waals surface area contributed by atoms with Crippen molar-refractivity contribution in [3.8, 4) is 5.75 Å². The Morgan fingerprint density at radius 2 is 2.04 bits per heavy atom. The summed E-state index contributed by atoms with van der Waals surface area (Å²) in [5.41, 5.74) is 3.13. The van der Waals surface area contributed by atoms with Crippen molar-refractivity contribution < 1.29 is 14.8 Å². The number of amides is 1. The third kappa shape index (κ3) is 5.03. The van der Waals surface area contributed by atoms with E-state index in [9.17, 15) is 20.0 Å². The number of nitrogens with one attached hydrogen (secondary N) is 2. The van der Waals surface area contributed by atoms with Crippen LogP contribution in [-0.2, 0) is 4.79 Å². The van der Waals surface area contributed by atoms with Crippen LogP contribution in [0.25, 0.3) is 0 Å². The maximum absolute atomic E-state index is 12.2. The van der Waals surface area contributed by atoms with Crippen LogP contribution in [-0.4, -0.2) is 28.2 Å². The number of nitro groups is 1. The highest BCUT2D eigenvalue weighted by Crippen LogP contribution is 2.21. The number of para-hydroxylation sites is 1. The average molecular weight is 342 g/mol. The summed E-state index contributed by atoms with van der Waals surface area (Å²) in [4.78, 5) is 22.3. The van der Waals surface area contributed by atoms with Crippen LogP contribution in [0.5, 0.6) is 5.75 Å². The van der Waals surface area contributed by atoms with Crippen LogP contribution < -0.4 is 10.7 Å². The molecule has 0 unspecified atom stereocenters. The molecule has 0 aliphatic heterocycles. The number of hydrogen-bond donors (Lipinski definition) is 3. The molecule has 2 rings (SSSR count). The zero-order valence-corrected chi connectivity index (χ0v) is 13.5. The van der Waals surface area contributed by atoms with Crippen molar-refractivity contribution in [1.82, 2.24) is 5.43 Å². The quantitative estimate of drug-likeness (QED) is 0.406. The topological polar surface area (TPSA) is 117 Å². The molecule has 0 aliphatic carbocycles. The van der Waals surface area contributed by atoms with E-state index in [0.717, 1.165) is 11.9 Å². The van der Waals surface area contributed by atoms with Gasteiger partial charge in [0.25, 0.3) is 11.6 Å². The van der Waals surface area contributed by atoms with Crippen molar-refractivity contribution in [3.05, 3.63) is 64.2 Å². The number of phenols is 1. The van der Waals surface area contributed by atoms with E-state index in [1.807, 2.05) is 37.3 Å². The number of carbonyl (C=O) groups is 1. The Balaban J connectivity index is 2.01. The highest BCUT2D eigenvalue weighted by molar-refractivity contribution is 5.88. The molecule has 0 saturated carbocycles. The minimum absolute atomic E-state index is 0.138. The molecular formula is C17H18N4O4. The zero-order chi connectivity index (χ0) is 18.2. The predicted octanol–water partition coefficient (Wildman–Crippen LogP) is 2.64. The number of nitrogens with zero attached hydrogens (tertiary/aromatic N) is 2. The Morgan fingerprint density at radius 3 is 2.68 bits per heavy atom. The third-order valence-corrected chi connectivity index (χ3v) is 3.44. The van der Waals surface area contributed by atoms with Crippen LogP contribution in [0.15, 0.2) is 53.6 Å². The number of anilines is 1. The van der Waals surface area contributed by atoms with Crippen molar-refractivity contribution in [3.63, 3.8) is 0 Å². The summed E-state index contributed by atoms with van der Waals surface area (Å²) >= 11 is 0. The van der Waals surface area contributed by atoms with Gasteiger partial charge in [0.05, 0.1) is 11.1 Å². The number of benzene rings is 2. The lowest BCUT2D eigenvalue weighted by Gasteiger charge is -2.16. The SMILES string of the molecule is CC[C@@H](Nc1ccccc1)C(=O)N/N=C/c1cc([N+](=O)[O-])ccc1O. The van der Waals surface area contributed by atoms with Crippen LogP contribution in [0.1, 0.15) is 18.9 Å². The number of carbonyl (C=O) groups excluding carboxylic acids is 1. The molecule has 0 aromatic heterocycles. The lowest BCUT2D eigenvalue weighted by atomic mass is 10.2. The molecule has 1 amide bonds. The first-order valence-corrected chi connectivity index (χ1v) is 7.63. The van der Waals surface area contributed by atoms with Crippen molar-refractivity contribution in [2.24, 2.45) is 5.10 Å². The van der Waals surface area contributed by atoms with Crippen LogP contribution in [0, 0.1) is 10.1 Å². The van der Waals surface area contributed by atoms with Crippen molar-refractivity contribution in [2.45, 2.75) is 19.4 Å². The number of hydrazone groups is 1. The van der Waals surface area contributed by atoms with E-state index in [0.29, 0.717) is 6.42 Å². The van der Waals surface area contributed by atoms with Crippen LogP contribution in [0.4, 0.5) is 11.4 Å². The van der Waals surface area contributed by atoms with Gasteiger partial charge in [-0.15, -0.1) is 0 Å². The standard InChI is InChI=1S/C17H18N4O4/c1-2-15(19-13-6-4-3-5-7-13)17(23)20-18-11-12-10-14(21(24)25)8-9-16(12)22/h3-11,15,19,22H,2H2,1H3,(H,20,23)/b18-11+/t15-/m1/s1. The van der Waals surface area contributed by atoms with Gasteiger partial charge in [0.2, 0.25) is 0 Å². The summed E-state index contributed by atoms with van der Waals surface area (Å²) in [6.45, 7) is 1.86. The molecule has 2 aromatic carbocycles. The molecule has 0 bridgehead atoms. The van der Waals surface area contributed by atoms with E-state index >= 15 is 0 Å². The highest BCUT2D eigenvalue weighted by Gasteiger charge is 2.15. The maximum Gasteiger partial charge on any atom is 0.270 e. The first-order valence-electron chi connectivity index (χ1n) is 7.63. The molecule has 130 valence electrons. The van der Waals surface area contributed by atoms with E-state index < -0.39 is 11.0 Å². The normalized spacial score (nSPS) is 11.9. The minimum Gasteiger partial charge on any atom is -0.507 e. The second-order valence-corrected chi connectivity index (χ2v) is 5.21. The molecule has 0 saturated heterocycles. The van der Waals surface area contributed by atoms with Gasteiger partial charge in [0.1, 0.15) is 11.8 Å². The van der Waals surface area contributed by atoms with E-state index in [1.165, 1.54) is 18.2 Å². The Bertz CT molecular complexity index is 777. The van der Waals surface area contributed by atoms with E-state index in [1.54, 1.807) is 0 Å². The molecule has 0 spiro atoms. The van der Waals surface area contributed by atoms with Gasteiger partial charge in [0, 0.05) is 23.4 Å². The summed E-state index contributed by atoms with van der Waals surface area (Å²) in [5, 5.41) is 27.3. The van der Waals surface area contributed by atoms with E-state index in [2.05, 4.69) is 15.8 Å².